The van der Waals surface area contributed by atoms with Crippen LogP contribution in [0.1, 0.15) is 29.8 Å². The number of likely N-dealkylation sites (tertiary alicyclic amines) is 1. The maximum absolute atomic E-state index is 13.1. The molecule has 6 heteroatoms. The van der Waals surface area contributed by atoms with E-state index in [4.69, 9.17) is 0 Å². The Morgan fingerprint density at radius 1 is 1.25 bits per heavy atom. The van der Waals surface area contributed by atoms with Crippen LogP contribution in [-0.2, 0) is 12.1 Å². The standard InChI is InChI=1S/C18H20FN3OS/c1-13-16(22-10-11-24-17(22)20-13)12-21-8-6-18(23,7-9-21)14-2-4-15(19)5-3-14/h2-5,10-11,23H,6-9,12H2,1H3. The highest BCUT2D eigenvalue weighted by molar-refractivity contribution is 7.15. The quantitative estimate of drug-likeness (QED) is 0.792. The van der Waals surface area contributed by atoms with Gasteiger partial charge in [-0.2, -0.15) is 0 Å². The van der Waals surface area contributed by atoms with Crippen LogP contribution in [0, 0.1) is 12.7 Å². The lowest BCUT2D eigenvalue weighted by Crippen LogP contribution is -2.42. The lowest BCUT2D eigenvalue weighted by atomic mass is 9.84. The van der Waals surface area contributed by atoms with Crippen molar-refractivity contribution in [3.05, 3.63) is 58.6 Å². The second-order valence-electron chi connectivity index (χ2n) is 6.51. The molecule has 0 bridgehead atoms. The van der Waals surface area contributed by atoms with Gasteiger partial charge in [-0.1, -0.05) is 12.1 Å². The molecule has 0 atom stereocenters. The van der Waals surface area contributed by atoms with E-state index in [2.05, 4.69) is 25.9 Å². The Morgan fingerprint density at radius 2 is 1.96 bits per heavy atom. The van der Waals surface area contributed by atoms with E-state index in [0.717, 1.165) is 35.9 Å². The summed E-state index contributed by atoms with van der Waals surface area (Å²) in [6.07, 6.45) is 3.38. The maximum atomic E-state index is 13.1. The molecule has 1 aliphatic heterocycles. The second kappa shape index (κ2) is 5.95. The number of aromatic nitrogens is 2. The molecular weight excluding hydrogens is 325 g/mol. The predicted molar refractivity (Wildman–Crippen MR) is 92.6 cm³/mol. The number of imidazole rings is 1. The van der Waals surface area contributed by atoms with E-state index in [-0.39, 0.29) is 5.82 Å². The fourth-order valence-corrected chi connectivity index (χ4v) is 4.25. The Hall–Kier alpha value is -1.76. The van der Waals surface area contributed by atoms with Gasteiger partial charge in [0.1, 0.15) is 5.82 Å². The summed E-state index contributed by atoms with van der Waals surface area (Å²) in [7, 11) is 0. The molecule has 4 rings (SSSR count). The lowest BCUT2D eigenvalue weighted by molar-refractivity contribution is -0.0280. The Kier molecular flexibility index (Phi) is 3.90. The van der Waals surface area contributed by atoms with Crippen molar-refractivity contribution in [1.29, 1.82) is 0 Å². The number of piperidine rings is 1. The number of fused-ring (bicyclic) bond motifs is 1. The van der Waals surface area contributed by atoms with Crippen LogP contribution in [0.3, 0.4) is 0 Å². The molecular formula is C18H20FN3OS. The highest BCUT2D eigenvalue weighted by atomic mass is 32.1. The summed E-state index contributed by atoms with van der Waals surface area (Å²) in [5.41, 5.74) is 2.25. The van der Waals surface area contributed by atoms with Gasteiger partial charge < -0.3 is 5.11 Å². The molecule has 1 aromatic carbocycles. The third kappa shape index (κ3) is 2.75. The average Bonchev–Trinajstić information content (AvgIpc) is 3.13. The number of thiazole rings is 1. The van der Waals surface area contributed by atoms with E-state index in [1.165, 1.54) is 17.8 Å². The van der Waals surface area contributed by atoms with Crippen molar-refractivity contribution < 1.29 is 9.50 Å². The van der Waals surface area contributed by atoms with E-state index < -0.39 is 5.60 Å². The van der Waals surface area contributed by atoms with E-state index in [9.17, 15) is 9.50 Å². The van der Waals surface area contributed by atoms with E-state index >= 15 is 0 Å². The summed E-state index contributed by atoms with van der Waals surface area (Å²) in [4.78, 5) is 7.98. The summed E-state index contributed by atoms with van der Waals surface area (Å²) >= 11 is 1.65. The molecule has 3 heterocycles. The highest BCUT2D eigenvalue weighted by Gasteiger charge is 2.34. The van der Waals surface area contributed by atoms with Crippen LogP contribution in [0.25, 0.3) is 4.96 Å². The van der Waals surface area contributed by atoms with E-state index in [0.29, 0.717) is 12.8 Å². The minimum absolute atomic E-state index is 0.268. The summed E-state index contributed by atoms with van der Waals surface area (Å²) in [6, 6.07) is 6.23. The molecule has 1 aliphatic rings. The van der Waals surface area contributed by atoms with Crippen LogP contribution >= 0.6 is 11.3 Å². The van der Waals surface area contributed by atoms with Gasteiger partial charge in [0.05, 0.1) is 17.0 Å². The highest BCUT2D eigenvalue weighted by Crippen LogP contribution is 2.33. The van der Waals surface area contributed by atoms with Gasteiger partial charge in [0.15, 0.2) is 4.96 Å². The van der Waals surface area contributed by atoms with Gasteiger partial charge in [-0.05, 0) is 37.5 Å². The van der Waals surface area contributed by atoms with Crippen LogP contribution in [-0.4, -0.2) is 32.5 Å². The fraction of sp³-hybridized carbons (Fsp3) is 0.389. The monoisotopic (exact) mass is 345 g/mol. The summed E-state index contributed by atoms with van der Waals surface area (Å²) in [6.45, 7) is 4.51. The van der Waals surface area contributed by atoms with Crippen LogP contribution < -0.4 is 0 Å². The number of rotatable bonds is 3. The van der Waals surface area contributed by atoms with Crippen molar-refractivity contribution in [3.63, 3.8) is 0 Å². The van der Waals surface area contributed by atoms with Crippen molar-refractivity contribution in [2.45, 2.75) is 31.9 Å². The van der Waals surface area contributed by atoms with Crippen molar-refractivity contribution in [2.75, 3.05) is 13.1 Å². The van der Waals surface area contributed by atoms with Gasteiger partial charge in [0, 0.05) is 31.2 Å². The first-order valence-electron chi connectivity index (χ1n) is 8.17. The third-order valence-corrected chi connectivity index (χ3v) is 5.76. The van der Waals surface area contributed by atoms with Crippen LogP contribution in [0.5, 0.6) is 0 Å². The van der Waals surface area contributed by atoms with Gasteiger partial charge in [0.2, 0.25) is 0 Å². The van der Waals surface area contributed by atoms with E-state index in [1.807, 2.05) is 6.92 Å². The van der Waals surface area contributed by atoms with Crippen molar-refractivity contribution in [2.24, 2.45) is 0 Å². The number of aliphatic hydroxyl groups is 1. The average molecular weight is 345 g/mol. The first-order valence-corrected chi connectivity index (χ1v) is 9.05. The molecule has 0 amide bonds. The Labute approximate surface area is 144 Å². The zero-order valence-electron chi connectivity index (χ0n) is 13.6. The smallest absolute Gasteiger partial charge is 0.194 e. The summed E-state index contributed by atoms with van der Waals surface area (Å²) in [5.74, 6) is -0.268. The SMILES string of the molecule is Cc1nc2sccn2c1CN1CCC(O)(c2ccc(F)cc2)CC1. The van der Waals surface area contributed by atoms with Crippen LogP contribution in [0.4, 0.5) is 4.39 Å². The molecule has 1 N–H and O–H groups in total. The third-order valence-electron chi connectivity index (χ3n) is 5.00. The Balaban J connectivity index is 1.47. The Bertz CT molecular complexity index is 847. The van der Waals surface area contributed by atoms with Crippen molar-refractivity contribution >= 4 is 16.3 Å². The molecule has 1 saturated heterocycles. The molecule has 24 heavy (non-hydrogen) atoms. The minimum atomic E-state index is -0.853. The molecule has 1 fully saturated rings. The molecule has 0 radical (unpaired) electrons. The molecule has 126 valence electrons. The summed E-state index contributed by atoms with van der Waals surface area (Å²) < 4.78 is 15.2. The van der Waals surface area contributed by atoms with Gasteiger partial charge >= 0.3 is 0 Å². The first-order chi connectivity index (χ1) is 11.5. The van der Waals surface area contributed by atoms with Gasteiger partial charge in [0.25, 0.3) is 0 Å². The molecule has 3 aromatic rings. The largest absolute Gasteiger partial charge is 0.385 e. The topological polar surface area (TPSA) is 40.8 Å². The molecule has 0 unspecified atom stereocenters. The number of nitrogens with zero attached hydrogens (tertiary/aromatic N) is 3. The molecule has 0 aliphatic carbocycles. The molecule has 0 spiro atoms. The number of hydrogen-bond donors (Lipinski definition) is 1. The van der Waals surface area contributed by atoms with Crippen molar-refractivity contribution in [1.82, 2.24) is 14.3 Å². The number of halogens is 1. The van der Waals surface area contributed by atoms with Gasteiger partial charge in [-0.3, -0.25) is 9.30 Å². The Morgan fingerprint density at radius 3 is 2.67 bits per heavy atom. The van der Waals surface area contributed by atoms with Crippen LogP contribution in [0.2, 0.25) is 0 Å². The second-order valence-corrected chi connectivity index (χ2v) is 7.39. The molecule has 4 nitrogen and oxygen atoms in total. The number of benzene rings is 1. The zero-order valence-corrected chi connectivity index (χ0v) is 14.4. The zero-order chi connectivity index (χ0) is 16.7. The minimum Gasteiger partial charge on any atom is -0.385 e. The molecule has 0 saturated carbocycles. The predicted octanol–water partition coefficient (Wildman–Crippen LogP) is 3.33. The van der Waals surface area contributed by atoms with Gasteiger partial charge in [-0.25, -0.2) is 9.37 Å². The normalized spacial score (nSPS) is 18.3. The maximum Gasteiger partial charge on any atom is 0.194 e. The van der Waals surface area contributed by atoms with Crippen molar-refractivity contribution in [3.8, 4) is 0 Å². The van der Waals surface area contributed by atoms with Gasteiger partial charge in [-0.15, -0.1) is 11.3 Å². The molecule has 2 aromatic heterocycles. The summed E-state index contributed by atoms with van der Waals surface area (Å²) in [5, 5.41) is 13.0. The fourth-order valence-electron chi connectivity index (χ4n) is 3.47. The van der Waals surface area contributed by atoms with Crippen LogP contribution in [0.15, 0.2) is 35.8 Å². The number of aryl methyl sites for hydroxylation is 1. The number of hydrogen-bond acceptors (Lipinski definition) is 4. The lowest BCUT2D eigenvalue weighted by Gasteiger charge is -2.38. The van der Waals surface area contributed by atoms with E-state index in [1.54, 1.807) is 23.5 Å². The first kappa shape index (κ1) is 15.7.